The molecule has 0 unspecified atom stereocenters. The average Bonchev–Trinajstić information content (AvgIpc) is 2.52. The summed E-state index contributed by atoms with van der Waals surface area (Å²) in [4.78, 5) is 29.0. The van der Waals surface area contributed by atoms with Gasteiger partial charge in [0.15, 0.2) is 5.96 Å². The number of carbonyl (C=O) groups is 2. The molecule has 1 saturated heterocycles. The van der Waals surface area contributed by atoms with Crippen molar-refractivity contribution in [1.82, 2.24) is 20.9 Å². The van der Waals surface area contributed by atoms with Gasteiger partial charge in [-0.15, -0.1) is 0 Å². The molecule has 138 valence electrons. The number of nitrogens with two attached hydrogens (primary N) is 1. The summed E-state index contributed by atoms with van der Waals surface area (Å²) in [7, 11) is 0. The Kier molecular flexibility index (Phi) is 9.14. The lowest BCUT2D eigenvalue weighted by Crippen LogP contribution is -2.50. The number of hydrogen-bond donors (Lipinski definition) is 4. The Labute approximate surface area is 144 Å². The number of aliphatic imine (C=N–C) groups is 1. The van der Waals surface area contributed by atoms with E-state index in [9.17, 15) is 9.59 Å². The van der Waals surface area contributed by atoms with Crippen LogP contribution in [0.3, 0.4) is 0 Å². The van der Waals surface area contributed by atoms with Gasteiger partial charge in [0.2, 0.25) is 11.8 Å². The van der Waals surface area contributed by atoms with Crippen LogP contribution in [0.5, 0.6) is 0 Å². The maximum atomic E-state index is 11.5. The number of guanidine groups is 1. The van der Waals surface area contributed by atoms with Crippen molar-refractivity contribution >= 4 is 17.8 Å². The minimum Gasteiger partial charge on any atom is -0.369 e. The van der Waals surface area contributed by atoms with Gasteiger partial charge in [0.25, 0.3) is 0 Å². The molecule has 1 aliphatic heterocycles. The van der Waals surface area contributed by atoms with Crippen LogP contribution in [-0.4, -0.2) is 68.0 Å². The summed E-state index contributed by atoms with van der Waals surface area (Å²) in [5, 5.41) is 9.50. The third-order valence-corrected chi connectivity index (χ3v) is 3.86. The van der Waals surface area contributed by atoms with Crippen LogP contribution in [0, 0.1) is 5.92 Å². The molecule has 8 heteroatoms. The van der Waals surface area contributed by atoms with Crippen molar-refractivity contribution in [2.24, 2.45) is 16.6 Å². The second-order valence-corrected chi connectivity index (χ2v) is 6.37. The van der Waals surface area contributed by atoms with E-state index in [0.29, 0.717) is 25.7 Å². The number of likely N-dealkylation sites (tertiary alicyclic amines) is 1. The molecule has 0 aromatic carbocycles. The first-order chi connectivity index (χ1) is 11.4. The number of nitrogens with zero attached hydrogens (tertiary/aromatic N) is 2. The number of rotatable bonds is 8. The molecule has 0 radical (unpaired) electrons. The van der Waals surface area contributed by atoms with Crippen LogP contribution in [0.25, 0.3) is 0 Å². The third kappa shape index (κ3) is 8.14. The van der Waals surface area contributed by atoms with Crippen molar-refractivity contribution in [3.8, 4) is 0 Å². The van der Waals surface area contributed by atoms with Gasteiger partial charge in [0, 0.05) is 38.1 Å². The summed E-state index contributed by atoms with van der Waals surface area (Å²) >= 11 is 0. The van der Waals surface area contributed by atoms with E-state index in [1.165, 1.54) is 0 Å². The molecule has 0 spiro atoms. The fraction of sp³-hybridized carbons (Fsp3) is 0.812. The smallest absolute Gasteiger partial charge is 0.231 e. The Morgan fingerprint density at radius 1 is 1.25 bits per heavy atom. The fourth-order valence-electron chi connectivity index (χ4n) is 2.52. The fourth-order valence-corrected chi connectivity index (χ4v) is 2.52. The summed E-state index contributed by atoms with van der Waals surface area (Å²) in [6.45, 7) is 9.64. The van der Waals surface area contributed by atoms with Crippen LogP contribution < -0.4 is 21.7 Å². The zero-order valence-electron chi connectivity index (χ0n) is 15.1. The van der Waals surface area contributed by atoms with E-state index in [-0.39, 0.29) is 17.7 Å². The summed E-state index contributed by atoms with van der Waals surface area (Å²) in [6, 6.07) is 0.331. The van der Waals surface area contributed by atoms with Crippen LogP contribution in [0.4, 0.5) is 0 Å². The largest absolute Gasteiger partial charge is 0.369 e. The minimum atomic E-state index is -0.278. The van der Waals surface area contributed by atoms with Crippen molar-refractivity contribution in [3.05, 3.63) is 0 Å². The molecule has 5 N–H and O–H groups in total. The van der Waals surface area contributed by atoms with Crippen molar-refractivity contribution in [2.75, 3.05) is 39.3 Å². The van der Waals surface area contributed by atoms with Crippen molar-refractivity contribution < 1.29 is 9.59 Å². The maximum absolute atomic E-state index is 11.5. The van der Waals surface area contributed by atoms with E-state index in [1.54, 1.807) is 0 Å². The molecule has 1 rings (SSSR count). The van der Waals surface area contributed by atoms with E-state index in [2.05, 4.69) is 25.8 Å². The van der Waals surface area contributed by atoms with Crippen LogP contribution >= 0.6 is 0 Å². The number of hydrogen-bond acceptors (Lipinski definition) is 4. The van der Waals surface area contributed by atoms with Crippen LogP contribution in [0.15, 0.2) is 4.99 Å². The number of primary amides is 1. The quantitative estimate of drug-likeness (QED) is 0.264. The zero-order chi connectivity index (χ0) is 17.9. The molecule has 8 nitrogen and oxygen atoms in total. The predicted octanol–water partition coefficient (Wildman–Crippen LogP) is -0.737. The topological polar surface area (TPSA) is 112 Å². The maximum Gasteiger partial charge on any atom is 0.231 e. The van der Waals surface area contributed by atoms with Gasteiger partial charge < -0.3 is 21.7 Å². The second kappa shape index (κ2) is 10.9. The molecule has 1 aliphatic rings. The molecule has 0 atom stereocenters. The molecule has 2 amide bonds. The Hall–Kier alpha value is -1.83. The van der Waals surface area contributed by atoms with Gasteiger partial charge in [-0.25, -0.2) is 0 Å². The zero-order valence-corrected chi connectivity index (χ0v) is 15.1. The Balaban J connectivity index is 2.36. The van der Waals surface area contributed by atoms with E-state index in [1.807, 2.05) is 20.8 Å². The standard InChI is InChI=1S/C16H32N6O2/c1-4-18-16(20-8-7-19-15(24)12(2)3)21-13-5-9-22(10-6-13)11-14(17)23/h12-13H,4-11H2,1-3H3,(H2,17,23)(H,19,24)(H2,18,20,21). The summed E-state index contributed by atoms with van der Waals surface area (Å²) in [5.74, 6) is 0.528. The van der Waals surface area contributed by atoms with Crippen molar-refractivity contribution in [1.29, 1.82) is 0 Å². The highest BCUT2D eigenvalue weighted by atomic mass is 16.2. The number of amides is 2. The van der Waals surface area contributed by atoms with Gasteiger partial charge in [-0.2, -0.15) is 0 Å². The highest BCUT2D eigenvalue weighted by molar-refractivity contribution is 5.80. The highest BCUT2D eigenvalue weighted by Crippen LogP contribution is 2.09. The molecular weight excluding hydrogens is 308 g/mol. The lowest BCUT2D eigenvalue weighted by molar-refractivity contribution is -0.124. The first-order valence-electron chi connectivity index (χ1n) is 8.75. The molecule has 1 heterocycles. The molecule has 0 bridgehead atoms. The van der Waals surface area contributed by atoms with E-state index in [4.69, 9.17) is 5.73 Å². The first-order valence-corrected chi connectivity index (χ1v) is 8.75. The van der Waals surface area contributed by atoms with Crippen LogP contribution in [0.2, 0.25) is 0 Å². The van der Waals surface area contributed by atoms with Gasteiger partial charge >= 0.3 is 0 Å². The van der Waals surface area contributed by atoms with Crippen LogP contribution in [-0.2, 0) is 9.59 Å². The SMILES string of the molecule is CCNC(=NCCNC(=O)C(C)C)NC1CCN(CC(N)=O)CC1. The van der Waals surface area contributed by atoms with Gasteiger partial charge in [-0.05, 0) is 19.8 Å². The Morgan fingerprint density at radius 3 is 2.46 bits per heavy atom. The number of nitrogens with one attached hydrogen (secondary N) is 3. The van der Waals surface area contributed by atoms with Gasteiger partial charge in [0.1, 0.15) is 0 Å². The molecule has 0 aliphatic carbocycles. The Morgan fingerprint density at radius 2 is 1.92 bits per heavy atom. The molecule has 0 saturated carbocycles. The number of piperidine rings is 1. The third-order valence-electron chi connectivity index (χ3n) is 3.86. The normalized spacial score (nSPS) is 16.9. The highest BCUT2D eigenvalue weighted by Gasteiger charge is 2.20. The number of carbonyl (C=O) groups excluding carboxylic acids is 2. The summed E-state index contributed by atoms with van der Waals surface area (Å²) in [6.07, 6.45) is 1.89. The van der Waals surface area contributed by atoms with E-state index < -0.39 is 0 Å². The molecular formula is C16H32N6O2. The molecule has 0 aromatic heterocycles. The monoisotopic (exact) mass is 340 g/mol. The molecule has 0 aromatic rings. The van der Waals surface area contributed by atoms with Gasteiger partial charge in [-0.1, -0.05) is 13.8 Å². The van der Waals surface area contributed by atoms with Gasteiger partial charge in [-0.3, -0.25) is 19.5 Å². The minimum absolute atomic E-state index is 0.00840. The lowest BCUT2D eigenvalue weighted by atomic mass is 10.1. The first kappa shape index (κ1) is 20.2. The lowest BCUT2D eigenvalue weighted by Gasteiger charge is -2.32. The summed E-state index contributed by atoms with van der Waals surface area (Å²) in [5.41, 5.74) is 5.23. The molecule has 1 fully saturated rings. The van der Waals surface area contributed by atoms with Crippen molar-refractivity contribution in [3.63, 3.8) is 0 Å². The Bertz CT molecular complexity index is 430. The second-order valence-electron chi connectivity index (χ2n) is 6.37. The van der Waals surface area contributed by atoms with Crippen molar-refractivity contribution in [2.45, 2.75) is 39.7 Å². The average molecular weight is 340 g/mol. The molecule has 24 heavy (non-hydrogen) atoms. The van der Waals surface area contributed by atoms with E-state index >= 15 is 0 Å². The van der Waals surface area contributed by atoms with Gasteiger partial charge in [0.05, 0.1) is 13.1 Å². The van der Waals surface area contributed by atoms with E-state index in [0.717, 1.165) is 38.4 Å². The summed E-state index contributed by atoms with van der Waals surface area (Å²) < 4.78 is 0. The van der Waals surface area contributed by atoms with Crippen LogP contribution in [0.1, 0.15) is 33.6 Å². The predicted molar refractivity (Wildman–Crippen MR) is 95.6 cm³/mol.